The van der Waals surface area contributed by atoms with E-state index < -0.39 is 0 Å². The van der Waals surface area contributed by atoms with Crippen LogP contribution < -0.4 is 11.1 Å². The summed E-state index contributed by atoms with van der Waals surface area (Å²) in [7, 11) is 8.57. The lowest BCUT2D eigenvalue weighted by Crippen LogP contribution is -2.53. The number of carbonyl (C=O) groups excluding carboxylic acids is 1. The largest absolute Gasteiger partial charge is 0.463 e. The van der Waals surface area contributed by atoms with Crippen LogP contribution >= 0.6 is 0 Å². The predicted octanol–water partition coefficient (Wildman–Crippen LogP) is 7.34. The number of amides is 1. The first kappa shape index (κ1) is 31.0. The van der Waals surface area contributed by atoms with Gasteiger partial charge < -0.3 is 25.3 Å². The molecule has 0 aliphatic heterocycles. The minimum Gasteiger partial charge on any atom is -0.463 e. The van der Waals surface area contributed by atoms with Crippen LogP contribution in [0, 0.1) is 0 Å². The molecule has 6 rings (SSSR count). The summed E-state index contributed by atoms with van der Waals surface area (Å²) in [5.41, 5.74) is 10.3. The zero-order chi connectivity index (χ0) is 30.5. The van der Waals surface area contributed by atoms with Crippen LogP contribution in [0.15, 0.2) is 95.6 Å². The molecule has 0 radical (unpaired) electrons. The highest BCUT2D eigenvalue weighted by Gasteiger charge is 2.45. The third-order valence-corrected chi connectivity index (χ3v) is 10.1. The van der Waals surface area contributed by atoms with Gasteiger partial charge in [-0.25, -0.2) is 0 Å². The van der Waals surface area contributed by atoms with E-state index in [0.29, 0.717) is 5.56 Å². The zero-order valence-electron chi connectivity index (χ0n) is 26.3. The number of rotatable bonds is 8. The summed E-state index contributed by atoms with van der Waals surface area (Å²) in [5.74, 6) is -0.0815. The van der Waals surface area contributed by atoms with Gasteiger partial charge in [-0.2, -0.15) is 0 Å². The number of nitrogens with zero attached hydrogens (tertiary/aromatic N) is 2. The van der Waals surface area contributed by atoms with Gasteiger partial charge in [-0.3, -0.25) is 4.79 Å². The standard InChI is InChI=1S/C23H26N2O2.C14H22N2/c1-25(2)23(14-8-9-15-23)21(17-10-4-3-5-11-17)24-22(26)19-16-27-20-13-7-6-12-18(19)20;1-16(2)14(10-6-7-11-14)13(15)12-8-4-3-5-9-12/h3-7,10-13,16,21H,8-9,14-15H2,1-2H3,(H,24,26);3-5,8-9,13H,6-7,10-11,15H2,1-2H3. The number of hydrogen-bond donors (Lipinski definition) is 2. The second-order valence-electron chi connectivity index (χ2n) is 12.8. The summed E-state index contributed by atoms with van der Waals surface area (Å²) >= 11 is 0. The van der Waals surface area contributed by atoms with Crippen LogP contribution in [0.4, 0.5) is 0 Å². The smallest absolute Gasteiger partial charge is 0.255 e. The fraction of sp³-hybridized carbons (Fsp3) is 0.432. The highest BCUT2D eigenvalue weighted by molar-refractivity contribution is 6.06. The maximum absolute atomic E-state index is 13.2. The van der Waals surface area contributed by atoms with Crippen molar-refractivity contribution in [3.8, 4) is 0 Å². The van der Waals surface area contributed by atoms with Crippen molar-refractivity contribution < 1.29 is 9.21 Å². The molecule has 43 heavy (non-hydrogen) atoms. The maximum atomic E-state index is 13.2. The minimum absolute atomic E-state index is 0.0719. The van der Waals surface area contributed by atoms with Crippen molar-refractivity contribution in [2.75, 3.05) is 28.2 Å². The van der Waals surface area contributed by atoms with Gasteiger partial charge in [0.2, 0.25) is 0 Å². The molecule has 1 amide bonds. The summed E-state index contributed by atoms with van der Waals surface area (Å²) in [4.78, 5) is 17.9. The molecule has 3 aromatic carbocycles. The van der Waals surface area contributed by atoms with Crippen molar-refractivity contribution in [2.24, 2.45) is 5.73 Å². The van der Waals surface area contributed by atoms with E-state index in [1.807, 2.05) is 48.5 Å². The second-order valence-corrected chi connectivity index (χ2v) is 12.8. The molecule has 2 atom stereocenters. The van der Waals surface area contributed by atoms with E-state index >= 15 is 0 Å². The molecule has 6 nitrogen and oxygen atoms in total. The number of nitrogens with two attached hydrogens (primary N) is 1. The van der Waals surface area contributed by atoms with Crippen LogP contribution in [0.3, 0.4) is 0 Å². The molecule has 2 saturated carbocycles. The van der Waals surface area contributed by atoms with E-state index in [0.717, 1.165) is 29.4 Å². The number of hydrogen-bond acceptors (Lipinski definition) is 5. The van der Waals surface area contributed by atoms with Crippen LogP contribution in [-0.2, 0) is 0 Å². The topological polar surface area (TPSA) is 74.7 Å². The summed E-state index contributed by atoms with van der Waals surface area (Å²) in [5, 5.41) is 4.21. The molecule has 0 saturated heterocycles. The highest BCUT2D eigenvalue weighted by atomic mass is 16.3. The van der Waals surface area contributed by atoms with E-state index in [1.54, 1.807) is 6.26 Å². The van der Waals surface area contributed by atoms with Gasteiger partial charge in [-0.05, 0) is 71.1 Å². The van der Waals surface area contributed by atoms with E-state index in [4.69, 9.17) is 10.2 Å². The number of nitrogens with one attached hydrogen (secondary N) is 1. The van der Waals surface area contributed by atoms with Gasteiger partial charge in [0, 0.05) is 22.5 Å². The third kappa shape index (κ3) is 6.28. The average molecular weight is 581 g/mol. The fourth-order valence-electron chi connectivity index (χ4n) is 7.51. The second kappa shape index (κ2) is 13.5. The summed E-state index contributed by atoms with van der Waals surface area (Å²) < 4.78 is 5.58. The predicted molar refractivity (Wildman–Crippen MR) is 176 cm³/mol. The first-order valence-electron chi connectivity index (χ1n) is 15.8. The van der Waals surface area contributed by atoms with Crippen LogP contribution in [0.1, 0.15) is 84.9 Å². The van der Waals surface area contributed by atoms with Crippen molar-refractivity contribution in [3.63, 3.8) is 0 Å². The highest BCUT2D eigenvalue weighted by Crippen LogP contribution is 2.44. The van der Waals surface area contributed by atoms with Gasteiger partial charge in [-0.1, -0.05) is 105 Å². The SMILES string of the molecule is CN(C)C1(C(N)c2ccccc2)CCCC1.CN(C)C1(C(NC(=O)c2coc3ccccc23)c2ccccc2)CCCC1. The normalized spacial score (nSPS) is 18.8. The van der Waals surface area contributed by atoms with E-state index in [-0.39, 0.29) is 29.1 Å². The Balaban J connectivity index is 0.000000196. The Bertz CT molecular complexity index is 1450. The van der Waals surface area contributed by atoms with Gasteiger partial charge in [0.25, 0.3) is 5.91 Å². The number of carbonyl (C=O) groups is 1. The lowest BCUT2D eigenvalue weighted by atomic mass is 9.82. The lowest BCUT2D eigenvalue weighted by molar-refractivity contribution is 0.0767. The molecule has 2 unspecified atom stereocenters. The molecule has 2 fully saturated rings. The van der Waals surface area contributed by atoms with Gasteiger partial charge in [0.05, 0.1) is 11.6 Å². The van der Waals surface area contributed by atoms with Crippen LogP contribution in [0.25, 0.3) is 11.0 Å². The molecule has 228 valence electrons. The van der Waals surface area contributed by atoms with Crippen LogP contribution in [0.5, 0.6) is 0 Å². The van der Waals surface area contributed by atoms with Crippen molar-refractivity contribution in [1.29, 1.82) is 0 Å². The molecule has 4 aromatic rings. The third-order valence-electron chi connectivity index (χ3n) is 10.1. The zero-order valence-corrected chi connectivity index (χ0v) is 26.3. The summed E-state index contributed by atoms with van der Waals surface area (Å²) in [6.45, 7) is 0. The molecule has 0 bridgehead atoms. The number of furan rings is 1. The molecular formula is C37H48N4O2. The Morgan fingerprint density at radius 3 is 1.77 bits per heavy atom. The Morgan fingerprint density at radius 1 is 0.721 bits per heavy atom. The van der Waals surface area contributed by atoms with Crippen molar-refractivity contribution in [2.45, 2.75) is 74.5 Å². The fourth-order valence-corrected chi connectivity index (χ4v) is 7.51. The van der Waals surface area contributed by atoms with Crippen LogP contribution in [-0.4, -0.2) is 55.0 Å². The molecule has 0 spiro atoms. The van der Waals surface area contributed by atoms with Gasteiger partial charge in [-0.15, -0.1) is 0 Å². The Kier molecular flexibility index (Phi) is 9.70. The monoisotopic (exact) mass is 580 g/mol. The minimum atomic E-state index is -0.0815. The number of fused-ring (bicyclic) bond motifs is 1. The maximum Gasteiger partial charge on any atom is 0.255 e. The number of likely N-dealkylation sites (N-methyl/N-ethyl adjacent to an activating group) is 2. The summed E-state index contributed by atoms with van der Waals surface area (Å²) in [6, 6.07) is 28.6. The van der Waals surface area contributed by atoms with Gasteiger partial charge in [0.15, 0.2) is 0 Å². The van der Waals surface area contributed by atoms with Gasteiger partial charge in [0.1, 0.15) is 11.8 Å². The summed E-state index contributed by atoms with van der Waals surface area (Å²) in [6.07, 6.45) is 11.1. The first-order chi connectivity index (χ1) is 20.8. The van der Waals surface area contributed by atoms with Crippen molar-refractivity contribution in [3.05, 3.63) is 108 Å². The van der Waals surface area contributed by atoms with E-state index in [9.17, 15) is 4.79 Å². The molecule has 2 aliphatic rings. The lowest BCUT2D eigenvalue weighted by Gasteiger charge is -2.43. The number of para-hydroxylation sites is 1. The molecule has 1 aromatic heterocycles. The van der Waals surface area contributed by atoms with E-state index in [2.05, 4.69) is 79.7 Å². The van der Waals surface area contributed by atoms with Crippen molar-refractivity contribution in [1.82, 2.24) is 15.1 Å². The first-order valence-corrected chi connectivity index (χ1v) is 15.8. The average Bonchev–Trinajstić information content (AvgIpc) is 3.81. The van der Waals surface area contributed by atoms with Crippen molar-refractivity contribution >= 4 is 16.9 Å². The van der Waals surface area contributed by atoms with E-state index in [1.165, 1.54) is 44.1 Å². The number of benzene rings is 3. The molecule has 2 aliphatic carbocycles. The van der Waals surface area contributed by atoms with Gasteiger partial charge >= 0.3 is 0 Å². The van der Waals surface area contributed by atoms with Crippen LogP contribution in [0.2, 0.25) is 0 Å². The Hall–Kier alpha value is -3.45. The Labute approximate surface area is 257 Å². The molecule has 3 N–H and O–H groups in total. The quantitative estimate of drug-likeness (QED) is 0.228. The Morgan fingerprint density at radius 2 is 1.21 bits per heavy atom. The molecule has 6 heteroatoms. The molecule has 1 heterocycles. The molecular weight excluding hydrogens is 532 g/mol.